The average Bonchev–Trinajstić information content (AvgIpc) is 1.61. The van der Waals surface area contributed by atoms with Crippen molar-refractivity contribution in [2.75, 3.05) is 73.7 Å². The van der Waals surface area contributed by atoms with Gasteiger partial charge in [-0.1, -0.05) is 148 Å². The second-order valence-corrected chi connectivity index (χ2v) is 40.6. The largest absolute Gasteiger partial charge is 0.493 e. The van der Waals surface area contributed by atoms with E-state index in [0.717, 1.165) is 185 Å². The first kappa shape index (κ1) is 97.2. The number of pyridine rings is 4. The molecule has 11 aliphatic rings. The maximum absolute atomic E-state index is 13.2. The summed E-state index contributed by atoms with van der Waals surface area (Å²) >= 11 is 0. The molecule has 0 spiro atoms. The van der Waals surface area contributed by atoms with Gasteiger partial charge in [-0.2, -0.15) is 5.26 Å². The molecular weight excluding hydrogens is 1920 g/mol. The van der Waals surface area contributed by atoms with Crippen LogP contribution in [0, 0.1) is 17.2 Å². The third kappa shape index (κ3) is 20.6. The molecule has 5 amide bonds. The van der Waals surface area contributed by atoms with Gasteiger partial charge in [0.05, 0.1) is 79.7 Å². The Bertz CT molecular complexity index is 7880. The standard InChI is InChI=1S/C26H26N2O3.C24H23N3O5S.C24H20N2O4.C23H17N3O3.C21H17N3O3.H2/c1-17(2)14-18-6-8-19(9-7-18)21-4-3-5-24(27-21)28-25(29)26(12-13-26)20-10-11-22-23(15-20)31-16-30-22;1-2-25-33(29,30)18-9-6-16(7-10-18)19-4-3-5-22(26-19)27-23(28)24(12-13-24)17-8-11-20-21(14-17)32-15-31-20;27-23(24(8-9-24)18-3-5-20-21(12-18)30-14-29-20)26-22-6-2-17(13-25-22)15-1-4-19-16(11-15)7-10-28-19;24-12-15-1-3-16(4-2-15)17-5-8-21(25-13-17)26-22(27)23(9-10-23)18-6-7-19-20(11-18)29-14-28-19;25-20(21(8-9-21)15-6-7-17-18(10-15)27-13-26-17)24-19-12-22-11-16(23-19)14-4-2-1-3-5-14;/h3-11,15,17H,12-14,16H2,1-2H3,(H,27,28,29);3-11,14,25H,2,12-13,15H2,1H3,(H,26,27,28);1-6,11-13H,7-10,14H2,(H,25,26,27);1-8,11,13H,9-10,14H2,(H,25,26,27);1-7,10-12H,8-9,13H2,(H,23,24,25);1H. The Morgan fingerprint density at radius 2 is 0.693 bits per heavy atom. The predicted molar refractivity (Wildman–Crippen MR) is 562 cm³/mol. The number of ether oxygens (including phenoxy) is 11. The Labute approximate surface area is 866 Å². The van der Waals surface area contributed by atoms with Crippen molar-refractivity contribution in [2.24, 2.45) is 5.92 Å². The van der Waals surface area contributed by atoms with Gasteiger partial charge in [0.15, 0.2) is 63.3 Å². The summed E-state index contributed by atoms with van der Waals surface area (Å²) in [6.07, 6.45) is 16.7. The van der Waals surface area contributed by atoms with Crippen LogP contribution in [0.3, 0.4) is 0 Å². The minimum absolute atomic E-state index is 0. The van der Waals surface area contributed by atoms with Crippen molar-refractivity contribution in [3.8, 4) is 125 Å². The van der Waals surface area contributed by atoms with Crippen LogP contribution >= 0.6 is 0 Å². The molecule has 5 fully saturated rings. The van der Waals surface area contributed by atoms with E-state index in [-0.39, 0.29) is 69.8 Å². The Morgan fingerprint density at radius 3 is 1.08 bits per heavy atom. The molecule has 0 saturated heterocycles. The molecule has 5 saturated carbocycles. The minimum Gasteiger partial charge on any atom is -0.493 e. The highest BCUT2D eigenvalue weighted by Crippen LogP contribution is 2.57. The number of benzene rings is 10. The molecule has 0 radical (unpaired) electrons. The van der Waals surface area contributed by atoms with Crippen LogP contribution in [0.25, 0.3) is 56.0 Å². The summed E-state index contributed by atoms with van der Waals surface area (Å²) in [5.41, 5.74) is 14.1. The number of nitrogens with zero attached hydrogens (tertiary/aromatic N) is 7. The Hall–Kier alpha value is -17.6. The van der Waals surface area contributed by atoms with Gasteiger partial charge in [-0.15, -0.1) is 0 Å². The van der Waals surface area contributed by atoms with Crippen LogP contribution in [0.2, 0.25) is 0 Å². The van der Waals surface area contributed by atoms with Crippen molar-refractivity contribution in [1.82, 2.24) is 34.6 Å². The van der Waals surface area contributed by atoms with Gasteiger partial charge in [-0.05, 0) is 272 Å². The van der Waals surface area contributed by atoms with Gasteiger partial charge in [0.25, 0.3) is 0 Å². The fourth-order valence-corrected chi connectivity index (χ4v) is 20.3. The molecular formula is C118H105N13O18S. The average molecular weight is 2030 g/mol. The third-order valence-corrected chi connectivity index (χ3v) is 30.1. The highest BCUT2D eigenvalue weighted by Gasteiger charge is 2.56. The molecule has 0 unspecified atom stereocenters. The molecule has 0 atom stereocenters. The van der Waals surface area contributed by atoms with E-state index in [4.69, 9.17) is 57.4 Å². The van der Waals surface area contributed by atoms with Crippen LogP contribution in [0.1, 0.15) is 131 Å². The highest BCUT2D eigenvalue weighted by atomic mass is 32.2. The van der Waals surface area contributed by atoms with E-state index in [2.05, 4.69) is 111 Å². The molecule has 6 aliphatic heterocycles. The van der Waals surface area contributed by atoms with Gasteiger partial charge >= 0.3 is 0 Å². The summed E-state index contributed by atoms with van der Waals surface area (Å²) in [6, 6.07) is 87.5. The van der Waals surface area contributed by atoms with Crippen molar-refractivity contribution >= 4 is 68.6 Å². The quantitative estimate of drug-likeness (QED) is 0.0309. The molecule has 11 heterocycles. The van der Waals surface area contributed by atoms with E-state index < -0.39 is 37.1 Å². The molecule has 5 aromatic heterocycles. The molecule has 756 valence electrons. The van der Waals surface area contributed by atoms with Gasteiger partial charge < -0.3 is 78.7 Å². The number of amides is 5. The number of carbonyl (C=O) groups is 5. The van der Waals surface area contributed by atoms with E-state index in [1.165, 1.54) is 11.1 Å². The molecule has 0 bridgehead atoms. The summed E-state index contributed by atoms with van der Waals surface area (Å²) < 4.78 is 86.5. The predicted octanol–water partition coefficient (Wildman–Crippen LogP) is 20.7. The molecule has 150 heavy (non-hydrogen) atoms. The number of sulfonamides is 1. The first-order chi connectivity index (χ1) is 73.1. The molecule has 6 N–H and O–H groups in total. The van der Waals surface area contributed by atoms with Crippen LogP contribution < -0.4 is 83.4 Å². The van der Waals surface area contributed by atoms with E-state index in [9.17, 15) is 32.4 Å². The second kappa shape index (κ2) is 41.0. The smallest absolute Gasteiger partial charge is 0.240 e. The zero-order valence-corrected chi connectivity index (χ0v) is 83.0. The van der Waals surface area contributed by atoms with Gasteiger partial charge in [0, 0.05) is 54.6 Å². The number of anilines is 5. The summed E-state index contributed by atoms with van der Waals surface area (Å²) in [4.78, 5) is 92.4. The van der Waals surface area contributed by atoms with E-state index in [0.29, 0.717) is 93.1 Å². The fourth-order valence-electron chi connectivity index (χ4n) is 19.3. The van der Waals surface area contributed by atoms with Gasteiger partial charge in [-0.3, -0.25) is 29.0 Å². The van der Waals surface area contributed by atoms with Crippen molar-refractivity contribution < 1.29 is 85.9 Å². The first-order valence-electron chi connectivity index (χ1n) is 49.9. The number of rotatable bonds is 25. The van der Waals surface area contributed by atoms with Crippen LogP contribution in [-0.2, 0) is 73.9 Å². The Morgan fingerprint density at radius 1 is 0.340 bits per heavy atom. The van der Waals surface area contributed by atoms with Gasteiger partial charge in [0.2, 0.25) is 73.5 Å². The second-order valence-electron chi connectivity index (χ2n) is 38.8. The van der Waals surface area contributed by atoms with Gasteiger partial charge in [-0.25, -0.2) is 38.1 Å². The molecule has 26 rings (SSSR count). The SMILES string of the molecule is CC(C)Cc1ccc(-c2cccc(NC(=O)C3(c4ccc5c(c4)OCO5)CC3)n2)cc1.CCNS(=O)(=O)c1ccc(-c2cccc(NC(=O)C3(c4ccc5c(c4)OCO5)CC3)n2)cc1.N#Cc1ccc(-c2ccc(NC(=O)C3(c4ccc5c(c4)OCO5)CC3)nc2)cc1.O=C(Nc1ccc(-c2ccc3c(c2)CCO3)cn1)C1(c2ccc3c(c2)OCO3)CC1.O=C(Nc1cncc(-c2ccccc2)n1)C1(c2ccc3c(c2)OCO3)CC1.[HH]. The minimum atomic E-state index is -3.52. The maximum Gasteiger partial charge on any atom is 0.240 e. The number of carbonyl (C=O) groups excluding carboxylic acids is 5. The number of hydrogen-bond donors (Lipinski definition) is 6. The highest BCUT2D eigenvalue weighted by molar-refractivity contribution is 7.89. The van der Waals surface area contributed by atoms with E-state index >= 15 is 0 Å². The number of fused-ring (bicyclic) bond motifs is 6. The molecule has 15 aromatic rings. The maximum atomic E-state index is 13.2. The van der Waals surface area contributed by atoms with Crippen molar-refractivity contribution in [2.45, 2.75) is 130 Å². The zero-order valence-electron chi connectivity index (χ0n) is 82.2. The molecule has 5 aliphatic carbocycles. The summed E-state index contributed by atoms with van der Waals surface area (Å²) in [6.45, 7) is 8.32. The monoisotopic (exact) mass is 2020 g/mol. The van der Waals surface area contributed by atoms with Crippen LogP contribution in [-0.4, -0.2) is 115 Å². The summed E-state index contributed by atoms with van der Waals surface area (Å²) in [5, 5.41) is 23.8. The first-order valence-corrected chi connectivity index (χ1v) is 51.3. The Kier molecular flexibility index (Phi) is 26.6. The lowest BCUT2D eigenvalue weighted by Gasteiger charge is -2.16. The number of nitriles is 1. The molecule has 31 nitrogen and oxygen atoms in total. The van der Waals surface area contributed by atoms with E-state index in [1.807, 2.05) is 188 Å². The van der Waals surface area contributed by atoms with Crippen molar-refractivity contribution in [3.05, 3.63) is 342 Å². The van der Waals surface area contributed by atoms with Crippen LogP contribution in [0.5, 0.6) is 63.2 Å². The zero-order chi connectivity index (χ0) is 103. The fraction of sp³-hybridized carbons (Fsp3) is 0.237. The summed E-state index contributed by atoms with van der Waals surface area (Å²) in [5.74, 6) is 10.8. The lowest BCUT2D eigenvalue weighted by molar-refractivity contribution is -0.119. The lowest BCUT2D eigenvalue weighted by Crippen LogP contribution is -2.28. The topological polar surface area (TPSA) is 394 Å². The normalized spacial score (nSPS) is 16.0. The number of nitrogens with one attached hydrogen (secondary N) is 6. The van der Waals surface area contributed by atoms with Crippen LogP contribution in [0.4, 0.5) is 29.1 Å². The number of hydrogen-bond acceptors (Lipinski definition) is 25. The molecule has 32 heteroatoms. The number of aromatic nitrogens is 6. The summed E-state index contributed by atoms with van der Waals surface area (Å²) in [7, 11) is -3.52. The third-order valence-electron chi connectivity index (χ3n) is 28.5. The molecule has 10 aromatic carbocycles. The van der Waals surface area contributed by atoms with Crippen molar-refractivity contribution in [1.29, 1.82) is 5.26 Å². The van der Waals surface area contributed by atoms with Gasteiger partial charge in [0.1, 0.15) is 29.0 Å². The lowest BCUT2D eigenvalue weighted by atomic mass is 9.94. The van der Waals surface area contributed by atoms with E-state index in [1.54, 1.807) is 86.3 Å². The van der Waals surface area contributed by atoms with Crippen molar-refractivity contribution in [3.63, 3.8) is 0 Å². The van der Waals surface area contributed by atoms with Crippen LogP contribution in [0.15, 0.2) is 303 Å². The Balaban J connectivity index is 0.000000110.